The number of carbonyl (C=O) groups excluding carboxylic acids is 1. The number of likely N-dealkylation sites (tertiary alicyclic amines) is 1. The van der Waals surface area contributed by atoms with E-state index < -0.39 is 0 Å². The van der Waals surface area contributed by atoms with E-state index in [1.165, 1.54) is 0 Å². The molecule has 1 unspecified atom stereocenters. The molecule has 1 fully saturated rings. The summed E-state index contributed by atoms with van der Waals surface area (Å²) < 4.78 is 11.3. The summed E-state index contributed by atoms with van der Waals surface area (Å²) in [6, 6.07) is 11.9. The number of hydrogen-bond acceptors (Lipinski definition) is 4. The summed E-state index contributed by atoms with van der Waals surface area (Å²) in [6.45, 7) is 2.51. The zero-order chi connectivity index (χ0) is 17.8. The molecular weight excluding hydrogens is 330 g/mol. The number of ether oxygens (including phenoxy) is 2. The van der Waals surface area contributed by atoms with Crippen molar-refractivity contribution in [1.82, 2.24) is 15.2 Å². The number of hydrogen-bond donors (Lipinski definition) is 1. The number of urea groups is 1. The quantitative estimate of drug-likeness (QED) is 0.918. The Labute approximate surface area is 153 Å². The number of nitrogens with one attached hydrogen (secondary N) is 1. The van der Waals surface area contributed by atoms with Crippen LogP contribution in [0, 0.1) is 0 Å². The van der Waals surface area contributed by atoms with Gasteiger partial charge >= 0.3 is 6.03 Å². The van der Waals surface area contributed by atoms with Crippen LogP contribution in [0.1, 0.15) is 30.1 Å². The number of carbonyl (C=O) groups is 1. The minimum absolute atomic E-state index is 0.0154. The van der Waals surface area contributed by atoms with E-state index in [9.17, 15) is 4.79 Å². The number of pyridine rings is 1. The molecule has 0 saturated carbocycles. The Morgan fingerprint density at radius 3 is 2.92 bits per heavy atom. The van der Waals surface area contributed by atoms with Crippen molar-refractivity contribution in [3.63, 3.8) is 0 Å². The van der Waals surface area contributed by atoms with E-state index in [0.29, 0.717) is 19.8 Å². The molecule has 26 heavy (non-hydrogen) atoms. The summed E-state index contributed by atoms with van der Waals surface area (Å²) in [5.74, 6) is 1.56. The first kappa shape index (κ1) is 16.7. The fourth-order valence-electron chi connectivity index (χ4n) is 3.57. The Morgan fingerprint density at radius 2 is 2.08 bits per heavy atom. The molecule has 2 amide bonds. The second-order valence-electron chi connectivity index (χ2n) is 6.56. The zero-order valence-corrected chi connectivity index (χ0v) is 14.7. The van der Waals surface area contributed by atoms with Gasteiger partial charge in [-0.3, -0.25) is 4.98 Å². The van der Waals surface area contributed by atoms with Crippen LogP contribution < -0.4 is 14.8 Å². The molecule has 1 saturated heterocycles. The van der Waals surface area contributed by atoms with Crippen molar-refractivity contribution in [1.29, 1.82) is 0 Å². The lowest BCUT2D eigenvalue weighted by Gasteiger charge is -2.27. The summed E-state index contributed by atoms with van der Waals surface area (Å²) in [7, 11) is 0. The third kappa shape index (κ3) is 3.59. The lowest BCUT2D eigenvalue weighted by atomic mass is 10.0. The molecule has 136 valence electrons. The normalized spacial score (nSPS) is 18.6. The van der Waals surface area contributed by atoms with Crippen LogP contribution in [0.25, 0.3) is 0 Å². The van der Waals surface area contributed by atoms with Crippen LogP contribution in [-0.2, 0) is 6.42 Å². The van der Waals surface area contributed by atoms with Gasteiger partial charge in [-0.25, -0.2) is 4.79 Å². The summed E-state index contributed by atoms with van der Waals surface area (Å²) in [4.78, 5) is 18.9. The number of aromatic nitrogens is 1. The monoisotopic (exact) mass is 353 g/mol. The van der Waals surface area contributed by atoms with Crippen LogP contribution in [0.2, 0.25) is 0 Å². The summed E-state index contributed by atoms with van der Waals surface area (Å²) in [5.41, 5.74) is 2.09. The molecule has 6 nitrogen and oxygen atoms in total. The van der Waals surface area contributed by atoms with Crippen molar-refractivity contribution in [2.24, 2.45) is 0 Å². The van der Waals surface area contributed by atoms with Gasteiger partial charge in [-0.05, 0) is 42.7 Å². The highest BCUT2D eigenvalue weighted by molar-refractivity contribution is 5.75. The molecule has 0 aliphatic carbocycles. The molecule has 1 atom stereocenters. The minimum atomic E-state index is -0.0154. The van der Waals surface area contributed by atoms with Crippen molar-refractivity contribution in [2.75, 3.05) is 26.3 Å². The molecule has 2 aromatic rings. The highest BCUT2D eigenvalue weighted by Crippen LogP contribution is 2.37. The predicted molar refractivity (Wildman–Crippen MR) is 97.5 cm³/mol. The Morgan fingerprint density at radius 1 is 1.19 bits per heavy atom. The minimum Gasteiger partial charge on any atom is -0.486 e. The number of benzene rings is 1. The molecule has 0 spiro atoms. The lowest BCUT2D eigenvalue weighted by Crippen LogP contribution is -2.40. The van der Waals surface area contributed by atoms with Gasteiger partial charge in [-0.15, -0.1) is 0 Å². The maximum absolute atomic E-state index is 12.6. The van der Waals surface area contributed by atoms with Crippen molar-refractivity contribution < 1.29 is 14.3 Å². The Balaban J connectivity index is 1.39. The largest absolute Gasteiger partial charge is 0.486 e. The number of amides is 2. The first-order valence-electron chi connectivity index (χ1n) is 9.15. The average molecular weight is 353 g/mol. The van der Waals surface area contributed by atoms with Gasteiger partial charge in [0, 0.05) is 31.4 Å². The van der Waals surface area contributed by atoms with Gasteiger partial charge < -0.3 is 19.7 Å². The number of nitrogens with zero attached hydrogens (tertiary/aromatic N) is 2. The van der Waals surface area contributed by atoms with Crippen LogP contribution >= 0.6 is 0 Å². The maximum Gasteiger partial charge on any atom is 0.317 e. The summed E-state index contributed by atoms with van der Waals surface area (Å²) >= 11 is 0. The average Bonchev–Trinajstić information content (AvgIpc) is 3.18. The van der Waals surface area contributed by atoms with Gasteiger partial charge in [-0.2, -0.15) is 0 Å². The van der Waals surface area contributed by atoms with Gasteiger partial charge in [0.15, 0.2) is 11.5 Å². The SMILES string of the molecule is O=C(NCCc1ccccn1)N1CCCC1c1ccc2c(c1)OCCO2. The molecule has 0 radical (unpaired) electrons. The van der Waals surface area contributed by atoms with E-state index in [2.05, 4.69) is 10.3 Å². The smallest absolute Gasteiger partial charge is 0.317 e. The van der Waals surface area contributed by atoms with Crippen molar-refractivity contribution in [3.8, 4) is 11.5 Å². The molecule has 2 aliphatic heterocycles. The summed E-state index contributed by atoms with van der Waals surface area (Å²) in [6.07, 6.45) is 4.48. The molecule has 6 heteroatoms. The molecule has 1 N–H and O–H groups in total. The fraction of sp³-hybridized carbons (Fsp3) is 0.400. The molecule has 1 aromatic carbocycles. The zero-order valence-electron chi connectivity index (χ0n) is 14.7. The van der Waals surface area contributed by atoms with Crippen molar-refractivity contribution in [3.05, 3.63) is 53.9 Å². The van der Waals surface area contributed by atoms with Gasteiger partial charge in [0.1, 0.15) is 13.2 Å². The van der Waals surface area contributed by atoms with Crippen LogP contribution in [0.4, 0.5) is 4.79 Å². The maximum atomic E-state index is 12.6. The first-order chi connectivity index (χ1) is 12.8. The lowest BCUT2D eigenvalue weighted by molar-refractivity contribution is 0.170. The number of rotatable bonds is 4. The van der Waals surface area contributed by atoms with E-state index in [1.54, 1.807) is 6.20 Å². The molecule has 1 aromatic heterocycles. The second kappa shape index (κ2) is 7.64. The van der Waals surface area contributed by atoms with Crippen LogP contribution in [-0.4, -0.2) is 42.2 Å². The predicted octanol–water partition coefficient (Wildman–Crippen LogP) is 2.94. The van der Waals surface area contributed by atoms with Crippen LogP contribution in [0.3, 0.4) is 0 Å². The van der Waals surface area contributed by atoms with Crippen molar-refractivity contribution >= 4 is 6.03 Å². The van der Waals surface area contributed by atoms with Gasteiger partial charge in [-0.1, -0.05) is 12.1 Å². The highest BCUT2D eigenvalue weighted by atomic mass is 16.6. The van der Waals surface area contributed by atoms with Gasteiger partial charge in [0.05, 0.1) is 6.04 Å². The summed E-state index contributed by atoms with van der Waals surface area (Å²) in [5, 5.41) is 3.03. The fourth-order valence-corrected chi connectivity index (χ4v) is 3.57. The molecule has 2 aliphatic rings. The first-order valence-corrected chi connectivity index (χ1v) is 9.15. The Kier molecular flexibility index (Phi) is 4.91. The molecule has 4 rings (SSSR count). The van der Waals surface area contributed by atoms with E-state index in [-0.39, 0.29) is 12.1 Å². The molecular formula is C20H23N3O3. The second-order valence-corrected chi connectivity index (χ2v) is 6.56. The van der Waals surface area contributed by atoms with E-state index in [4.69, 9.17) is 9.47 Å². The Hall–Kier alpha value is -2.76. The van der Waals surface area contributed by atoms with Crippen molar-refractivity contribution in [2.45, 2.75) is 25.3 Å². The van der Waals surface area contributed by atoms with E-state index in [0.717, 1.165) is 48.6 Å². The third-order valence-electron chi connectivity index (χ3n) is 4.85. The van der Waals surface area contributed by atoms with Gasteiger partial charge in [0.25, 0.3) is 0 Å². The molecule has 0 bridgehead atoms. The highest BCUT2D eigenvalue weighted by Gasteiger charge is 2.30. The van der Waals surface area contributed by atoms with E-state index in [1.807, 2.05) is 41.3 Å². The number of fused-ring (bicyclic) bond motifs is 1. The van der Waals surface area contributed by atoms with E-state index >= 15 is 0 Å². The topological polar surface area (TPSA) is 63.7 Å². The Bertz CT molecular complexity index is 766. The molecule has 3 heterocycles. The van der Waals surface area contributed by atoms with Gasteiger partial charge in [0.2, 0.25) is 0 Å². The third-order valence-corrected chi connectivity index (χ3v) is 4.85. The standard InChI is InChI=1S/C20H23N3O3/c24-20(22-10-8-16-4-1-2-9-21-16)23-11-3-5-17(23)15-6-7-18-19(14-15)26-13-12-25-18/h1-2,4,6-7,9,14,17H,3,5,8,10-13H2,(H,22,24). The van der Waals surface area contributed by atoms with Crippen LogP contribution in [0.15, 0.2) is 42.6 Å². The van der Waals surface area contributed by atoms with Crippen LogP contribution in [0.5, 0.6) is 11.5 Å².